The average Bonchev–Trinajstić information content (AvgIpc) is 2.49. The monoisotopic (exact) mass is 339 g/mol. The molecule has 0 aliphatic heterocycles. The molecule has 0 spiro atoms. The van der Waals surface area contributed by atoms with Crippen LogP contribution in [0, 0.1) is 6.92 Å². The molecule has 0 bridgehead atoms. The molecule has 0 saturated heterocycles. The lowest BCUT2D eigenvalue weighted by Gasteiger charge is -2.24. The summed E-state index contributed by atoms with van der Waals surface area (Å²) in [4.78, 5) is 0.142. The Balaban J connectivity index is 2.52. The fourth-order valence-electron chi connectivity index (χ4n) is 2.25. The standard InChI is InChI=1S/C16H18ClNO3S/c1-4-18(15-8-6-5-7-12(15)2)22(19,20)13-9-10-16(21-3)14(17)11-13/h5-11H,4H2,1-3H3. The Labute approximate surface area is 136 Å². The molecule has 0 radical (unpaired) electrons. The Bertz CT molecular complexity index is 775. The molecule has 0 heterocycles. The van der Waals surface area contributed by atoms with Gasteiger partial charge < -0.3 is 4.74 Å². The summed E-state index contributed by atoms with van der Waals surface area (Å²) in [5, 5.41) is 0.268. The van der Waals surface area contributed by atoms with Crippen molar-refractivity contribution in [1.82, 2.24) is 0 Å². The zero-order valence-electron chi connectivity index (χ0n) is 12.7. The van der Waals surface area contributed by atoms with Crippen molar-refractivity contribution in [1.29, 1.82) is 0 Å². The number of para-hydroxylation sites is 1. The van der Waals surface area contributed by atoms with Gasteiger partial charge in [0, 0.05) is 6.54 Å². The zero-order valence-corrected chi connectivity index (χ0v) is 14.3. The molecular formula is C16H18ClNO3S. The minimum absolute atomic E-state index is 0.142. The summed E-state index contributed by atoms with van der Waals surface area (Å²) in [5.41, 5.74) is 1.56. The Morgan fingerprint density at radius 3 is 2.41 bits per heavy atom. The third kappa shape index (κ3) is 3.05. The molecular weight excluding hydrogens is 322 g/mol. The van der Waals surface area contributed by atoms with Crippen LogP contribution in [-0.4, -0.2) is 22.1 Å². The topological polar surface area (TPSA) is 46.6 Å². The normalized spacial score (nSPS) is 11.3. The molecule has 0 fully saturated rings. The van der Waals surface area contributed by atoms with Crippen LogP contribution in [0.15, 0.2) is 47.4 Å². The van der Waals surface area contributed by atoms with Crippen LogP contribution in [0.1, 0.15) is 12.5 Å². The lowest BCUT2D eigenvalue weighted by atomic mass is 10.2. The fraction of sp³-hybridized carbons (Fsp3) is 0.250. The molecule has 2 rings (SSSR count). The second kappa shape index (κ2) is 6.58. The summed E-state index contributed by atoms with van der Waals surface area (Å²) >= 11 is 6.05. The smallest absolute Gasteiger partial charge is 0.264 e. The van der Waals surface area contributed by atoms with Crippen molar-refractivity contribution >= 4 is 27.3 Å². The lowest BCUT2D eigenvalue weighted by molar-refractivity contribution is 0.414. The van der Waals surface area contributed by atoms with Crippen LogP contribution in [0.2, 0.25) is 5.02 Å². The molecule has 22 heavy (non-hydrogen) atoms. The average molecular weight is 340 g/mol. The molecule has 0 N–H and O–H groups in total. The van der Waals surface area contributed by atoms with Gasteiger partial charge in [0.05, 0.1) is 22.7 Å². The number of rotatable bonds is 5. The van der Waals surface area contributed by atoms with E-state index in [1.165, 1.54) is 23.5 Å². The maximum absolute atomic E-state index is 12.9. The maximum Gasteiger partial charge on any atom is 0.264 e. The van der Waals surface area contributed by atoms with Crippen LogP contribution in [0.4, 0.5) is 5.69 Å². The molecule has 0 aromatic heterocycles. The van der Waals surface area contributed by atoms with Crippen molar-refractivity contribution in [3.63, 3.8) is 0 Å². The Morgan fingerprint density at radius 2 is 1.86 bits per heavy atom. The molecule has 2 aromatic carbocycles. The molecule has 118 valence electrons. The van der Waals surface area contributed by atoms with Gasteiger partial charge in [0.25, 0.3) is 10.0 Å². The Hall–Kier alpha value is -1.72. The Kier molecular flexibility index (Phi) is 4.98. The van der Waals surface area contributed by atoms with E-state index in [0.29, 0.717) is 18.0 Å². The quantitative estimate of drug-likeness (QED) is 0.830. The van der Waals surface area contributed by atoms with Gasteiger partial charge in [-0.3, -0.25) is 4.31 Å². The number of ether oxygens (including phenoxy) is 1. The summed E-state index contributed by atoms with van der Waals surface area (Å²) in [6.45, 7) is 4.01. The maximum atomic E-state index is 12.9. The molecule has 0 amide bonds. The summed E-state index contributed by atoms with van der Waals surface area (Å²) < 4.78 is 32.2. The molecule has 0 aliphatic rings. The number of halogens is 1. The minimum Gasteiger partial charge on any atom is -0.495 e. The van der Waals surface area contributed by atoms with Crippen molar-refractivity contribution < 1.29 is 13.2 Å². The van der Waals surface area contributed by atoms with Crippen molar-refractivity contribution in [2.45, 2.75) is 18.7 Å². The highest BCUT2D eigenvalue weighted by molar-refractivity contribution is 7.92. The number of methoxy groups -OCH3 is 1. The van der Waals surface area contributed by atoms with E-state index >= 15 is 0 Å². The van der Waals surface area contributed by atoms with Gasteiger partial charge in [-0.25, -0.2) is 8.42 Å². The van der Waals surface area contributed by atoms with Gasteiger partial charge in [-0.05, 0) is 43.7 Å². The largest absolute Gasteiger partial charge is 0.495 e. The molecule has 4 nitrogen and oxygen atoms in total. The lowest BCUT2D eigenvalue weighted by Crippen LogP contribution is -2.31. The number of benzene rings is 2. The number of nitrogens with zero attached hydrogens (tertiary/aromatic N) is 1. The van der Waals surface area contributed by atoms with Crippen molar-refractivity contribution in [2.75, 3.05) is 18.0 Å². The first kappa shape index (κ1) is 16.6. The molecule has 0 aliphatic carbocycles. The van der Waals surface area contributed by atoms with E-state index in [0.717, 1.165) is 5.56 Å². The predicted octanol–water partition coefficient (Wildman–Crippen LogP) is 3.87. The Morgan fingerprint density at radius 1 is 1.18 bits per heavy atom. The van der Waals surface area contributed by atoms with Gasteiger partial charge in [-0.1, -0.05) is 29.8 Å². The fourth-order valence-corrected chi connectivity index (χ4v) is 4.14. The molecule has 0 unspecified atom stereocenters. The van der Waals surface area contributed by atoms with E-state index in [9.17, 15) is 8.42 Å². The highest BCUT2D eigenvalue weighted by atomic mass is 35.5. The summed E-state index contributed by atoms with van der Waals surface area (Å²) in [6.07, 6.45) is 0. The molecule has 0 saturated carbocycles. The van der Waals surface area contributed by atoms with Gasteiger partial charge >= 0.3 is 0 Å². The molecule has 0 atom stereocenters. The second-order valence-corrected chi connectivity index (χ2v) is 7.02. The minimum atomic E-state index is -3.68. The second-order valence-electron chi connectivity index (χ2n) is 4.75. The van der Waals surface area contributed by atoms with Crippen LogP contribution in [0.25, 0.3) is 0 Å². The number of sulfonamides is 1. The summed E-state index contributed by atoms with van der Waals surface area (Å²) in [6, 6.07) is 11.8. The van der Waals surface area contributed by atoms with Gasteiger partial charge in [-0.15, -0.1) is 0 Å². The molecule has 2 aromatic rings. The van der Waals surface area contributed by atoms with Crippen LogP contribution >= 0.6 is 11.6 Å². The van der Waals surface area contributed by atoms with Crippen LogP contribution in [0.3, 0.4) is 0 Å². The van der Waals surface area contributed by atoms with E-state index in [4.69, 9.17) is 16.3 Å². The van der Waals surface area contributed by atoms with Crippen molar-refractivity contribution in [3.05, 3.63) is 53.1 Å². The number of hydrogen-bond donors (Lipinski definition) is 0. The first-order chi connectivity index (χ1) is 10.4. The van der Waals surface area contributed by atoms with E-state index in [1.807, 2.05) is 25.1 Å². The van der Waals surface area contributed by atoms with Gasteiger partial charge in [-0.2, -0.15) is 0 Å². The number of anilines is 1. The predicted molar refractivity (Wildman–Crippen MR) is 89.4 cm³/mol. The van der Waals surface area contributed by atoms with E-state index in [2.05, 4.69) is 0 Å². The summed E-state index contributed by atoms with van der Waals surface area (Å²) in [5.74, 6) is 0.444. The molecule has 6 heteroatoms. The van der Waals surface area contributed by atoms with E-state index < -0.39 is 10.0 Å². The SMILES string of the molecule is CCN(c1ccccc1C)S(=O)(=O)c1ccc(OC)c(Cl)c1. The number of hydrogen-bond acceptors (Lipinski definition) is 3. The van der Waals surface area contributed by atoms with Gasteiger partial charge in [0.2, 0.25) is 0 Å². The van der Waals surface area contributed by atoms with Crippen LogP contribution in [-0.2, 0) is 10.0 Å². The van der Waals surface area contributed by atoms with Crippen molar-refractivity contribution in [2.24, 2.45) is 0 Å². The van der Waals surface area contributed by atoms with Crippen LogP contribution < -0.4 is 9.04 Å². The van der Waals surface area contributed by atoms with Crippen molar-refractivity contribution in [3.8, 4) is 5.75 Å². The van der Waals surface area contributed by atoms with E-state index in [-0.39, 0.29) is 9.92 Å². The highest BCUT2D eigenvalue weighted by Crippen LogP contribution is 2.31. The first-order valence-electron chi connectivity index (χ1n) is 6.83. The third-order valence-corrected chi connectivity index (χ3v) is 5.56. The van der Waals surface area contributed by atoms with E-state index in [1.54, 1.807) is 19.1 Å². The first-order valence-corrected chi connectivity index (χ1v) is 8.65. The van der Waals surface area contributed by atoms with Gasteiger partial charge in [0.15, 0.2) is 0 Å². The van der Waals surface area contributed by atoms with Gasteiger partial charge in [0.1, 0.15) is 5.75 Å². The zero-order chi connectivity index (χ0) is 16.3. The third-order valence-electron chi connectivity index (χ3n) is 3.38. The number of aryl methyl sites for hydroxylation is 1. The van der Waals surface area contributed by atoms with Crippen LogP contribution in [0.5, 0.6) is 5.75 Å². The highest BCUT2D eigenvalue weighted by Gasteiger charge is 2.25. The summed E-state index contributed by atoms with van der Waals surface area (Å²) in [7, 11) is -2.19.